The van der Waals surface area contributed by atoms with E-state index in [1.54, 1.807) is 20.8 Å². The highest BCUT2D eigenvalue weighted by atomic mass is 16.6. The Kier molecular flexibility index (Phi) is 6.08. The van der Waals surface area contributed by atoms with Crippen LogP contribution in [0.4, 0.5) is 4.79 Å². The maximum atomic E-state index is 11.8. The number of carbonyl (C=O) groups is 1. The fraction of sp³-hybridized carbons (Fsp3) is 0.833. The largest absolute Gasteiger partial charge is 0.444 e. The molecule has 0 spiro atoms. The highest BCUT2D eigenvalue weighted by Crippen LogP contribution is 2.21. The Hall–Kier alpha value is -1.50. The van der Waals surface area contributed by atoms with Gasteiger partial charge in [-0.2, -0.15) is 0 Å². The maximum Gasteiger partial charge on any atom is 0.408 e. The van der Waals surface area contributed by atoms with Crippen molar-refractivity contribution < 1.29 is 9.53 Å². The van der Waals surface area contributed by atoms with Crippen LogP contribution >= 0.6 is 0 Å². The number of hydrogen-bond acceptors (Lipinski definition) is 5. The third-order valence-electron chi connectivity index (χ3n) is 2.06. The van der Waals surface area contributed by atoms with E-state index in [4.69, 9.17) is 16.3 Å². The van der Waals surface area contributed by atoms with Crippen LogP contribution < -0.4 is 22.4 Å². The van der Waals surface area contributed by atoms with Gasteiger partial charge in [-0.05, 0) is 32.6 Å². The molecule has 6 N–H and O–H groups in total. The second kappa shape index (κ2) is 6.60. The van der Waals surface area contributed by atoms with Crippen molar-refractivity contribution >= 4 is 11.9 Å². The van der Waals surface area contributed by atoms with Gasteiger partial charge in [0.15, 0.2) is 0 Å². The molecule has 19 heavy (non-hydrogen) atoms. The molecule has 1 unspecified atom stereocenters. The Bertz CT molecular complexity index is 328. The molecular formula is C12H27N5O2. The number of alkyl carbamates (subject to hydrolysis) is 1. The summed E-state index contributed by atoms with van der Waals surface area (Å²) in [6.45, 7) is 11.5. The third-order valence-corrected chi connectivity index (χ3v) is 2.06. The first-order valence-electron chi connectivity index (χ1n) is 6.23. The van der Waals surface area contributed by atoms with E-state index in [2.05, 4.69) is 16.0 Å². The van der Waals surface area contributed by atoms with Crippen LogP contribution in [0.2, 0.25) is 0 Å². The van der Waals surface area contributed by atoms with Gasteiger partial charge in [0.25, 0.3) is 0 Å². The topological polar surface area (TPSA) is 115 Å². The van der Waals surface area contributed by atoms with Gasteiger partial charge in [-0.3, -0.25) is 0 Å². The van der Waals surface area contributed by atoms with Gasteiger partial charge in [0.2, 0.25) is 0 Å². The van der Waals surface area contributed by atoms with Crippen LogP contribution in [0.3, 0.4) is 0 Å². The monoisotopic (exact) mass is 273 g/mol. The lowest BCUT2D eigenvalue weighted by Gasteiger charge is -2.27. The summed E-state index contributed by atoms with van der Waals surface area (Å²) in [5.41, 5.74) is 7.32. The summed E-state index contributed by atoms with van der Waals surface area (Å²) >= 11 is 0. The van der Waals surface area contributed by atoms with Gasteiger partial charge in [0.1, 0.15) is 11.4 Å². The minimum Gasteiger partial charge on any atom is -0.444 e. The number of nitrogens with two attached hydrogens (primary N) is 2. The first-order chi connectivity index (χ1) is 8.44. The van der Waals surface area contributed by atoms with Crippen molar-refractivity contribution in [3.8, 4) is 0 Å². The second-order valence-electron chi connectivity index (χ2n) is 6.63. The van der Waals surface area contributed by atoms with Crippen LogP contribution in [-0.4, -0.2) is 23.6 Å². The molecule has 0 aromatic rings. The van der Waals surface area contributed by atoms with Crippen molar-refractivity contribution in [2.45, 2.75) is 59.6 Å². The quantitative estimate of drug-likeness (QED) is 0.264. The normalized spacial score (nSPS) is 14.8. The fourth-order valence-corrected chi connectivity index (χ4v) is 1.44. The van der Waals surface area contributed by atoms with Gasteiger partial charge < -0.3 is 15.8 Å². The van der Waals surface area contributed by atoms with E-state index in [0.29, 0.717) is 6.42 Å². The lowest BCUT2D eigenvalue weighted by Crippen LogP contribution is -2.48. The van der Waals surface area contributed by atoms with E-state index in [-0.39, 0.29) is 11.3 Å². The predicted molar refractivity (Wildman–Crippen MR) is 76.2 cm³/mol. The number of hydrogen-bond donors (Lipinski definition) is 4. The molecule has 0 saturated carbocycles. The molecule has 0 saturated heterocycles. The van der Waals surface area contributed by atoms with E-state index in [9.17, 15) is 4.79 Å². The Morgan fingerprint density at radius 1 is 1.26 bits per heavy atom. The molecule has 0 aromatic heterocycles. The van der Waals surface area contributed by atoms with Crippen molar-refractivity contribution in [2.75, 3.05) is 0 Å². The molecule has 0 radical (unpaired) electrons. The molecule has 0 aliphatic rings. The Morgan fingerprint density at radius 3 is 2.16 bits per heavy atom. The zero-order valence-electron chi connectivity index (χ0n) is 12.7. The number of amidine groups is 1. The van der Waals surface area contributed by atoms with E-state index in [0.717, 1.165) is 0 Å². The molecule has 7 nitrogen and oxygen atoms in total. The fourth-order valence-electron chi connectivity index (χ4n) is 1.44. The summed E-state index contributed by atoms with van der Waals surface area (Å²) in [7, 11) is 0. The lowest BCUT2D eigenvalue weighted by atomic mass is 9.88. The minimum absolute atomic E-state index is 0.0333. The van der Waals surface area contributed by atoms with Gasteiger partial charge >= 0.3 is 6.09 Å². The molecular weight excluding hydrogens is 246 g/mol. The highest BCUT2D eigenvalue weighted by Gasteiger charge is 2.26. The second-order valence-corrected chi connectivity index (χ2v) is 6.63. The smallest absolute Gasteiger partial charge is 0.408 e. The first kappa shape index (κ1) is 17.5. The van der Waals surface area contributed by atoms with Crippen molar-refractivity contribution in [1.29, 1.82) is 0 Å². The summed E-state index contributed by atoms with van der Waals surface area (Å²) in [6.07, 6.45) is 0.0837. The number of ether oxygens (including phenoxy) is 1. The van der Waals surface area contributed by atoms with Crippen LogP contribution in [-0.2, 0) is 4.74 Å². The molecule has 0 bridgehead atoms. The molecule has 1 atom stereocenters. The maximum absolute atomic E-state index is 11.8. The summed E-state index contributed by atoms with van der Waals surface area (Å²) in [5.74, 6) is 5.31. The number of nitrogens with zero attached hydrogens (tertiary/aromatic N) is 1. The average Bonchev–Trinajstić information content (AvgIpc) is 2.11. The number of hydrazine groups is 1. The average molecular weight is 273 g/mol. The zero-order valence-corrected chi connectivity index (χ0v) is 12.7. The molecule has 0 fully saturated rings. The first-order valence-corrected chi connectivity index (χ1v) is 6.23. The van der Waals surface area contributed by atoms with E-state index in [1.807, 2.05) is 20.8 Å². The summed E-state index contributed by atoms with van der Waals surface area (Å²) < 4.78 is 5.20. The molecule has 1 amide bonds. The van der Waals surface area contributed by atoms with Crippen LogP contribution in [0, 0.1) is 5.41 Å². The van der Waals surface area contributed by atoms with Crippen molar-refractivity contribution in [3.05, 3.63) is 0 Å². The molecule has 0 heterocycles. The molecule has 0 aliphatic heterocycles. The molecule has 0 aromatic carbocycles. The van der Waals surface area contributed by atoms with Crippen LogP contribution in [0.15, 0.2) is 5.10 Å². The van der Waals surface area contributed by atoms with Gasteiger partial charge in [0, 0.05) is 0 Å². The summed E-state index contributed by atoms with van der Waals surface area (Å²) in [5, 5.41) is 6.41. The van der Waals surface area contributed by atoms with Crippen molar-refractivity contribution in [3.63, 3.8) is 0 Å². The number of carbonyl (C=O) groups excluding carboxylic acids is 1. The van der Waals surface area contributed by atoms with Crippen LogP contribution in [0.5, 0.6) is 0 Å². The van der Waals surface area contributed by atoms with Gasteiger partial charge in [-0.1, -0.05) is 20.8 Å². The Labute approximate surface area is 115 Å². The van der Waals surface area contributed by atoms with Crippen molar-refractivity contribution in [2.24, 2.45) is 22.1 Å². The Morgan fingerprint density at radius 2 is 1.79 bits per heavy atom. The highest BCUT2D eigenvalue weighted by molar-refractivity contribution is 5.88. The summed E-state index contributed by atoms with van der Waals surface area (Å²) in [6, 6.07) is -0.439. The number of hydrazone groups is 1. The Balaban J connectivity index is 4.77. The standard InChI is InChI=1S/C12H27N5O2/c1-11(2,3)7-8(9(13)16-17-14)15-10(18)19-12(4,5)6/h8,17H,7,14H2,1-6H3,(H2,13,16)(H,15,18). The van der Waals surface area contributed by atoms with E-state index in [1.165, 1.54) is 0 Å². The third kappa shape index (κ3) is 9.12. The van der Waals surface area contributed by atoms with Crippen LogP contribution in [0.25, 0.3) is 0 Å². The number of nitrogens with one attached hydrogen (secondary N) is 2. The number of rotatable bonds is 4. The lowest BCUT2D eigenvalue weighted by molar-refractivity contribution is 0.0509. The van der Waals surface area contributed by atoms with E-state index < -0.39 is 17.7 Å². The van der Waals surface area contributed by atoms with Gasteiger partial charge in [-0.25, -0.2) is 16.2 Å². The minimum atomic E-state index is -0.561. The zero-order chi connectivity index (χ0) is 15.3. The molecule has 112 valence electrons. The number of amides is 1. The van der Waals surface area contributed by atoms with Crippen LogP contribution in [0.1, 0.15) is 48.0 Å². The molecule has 0 aliphatic carbocycles. The van der Waals surface area contributed by atoms with Gasteiger partial charge in [0.05, 0.1) is 6.04 Å². The van der Waals surface area contributed by atoms with Crippen molar-refractivity contribution in [1.82, 2.24) is 10.9 Å². The van der Waals surface area contributed by atoms with Gasteiger partial charge in [-0.15, -0.1) is 5.10 Å². The SMILES string of the molecule is CC(C)(C)CC(NC(=O)OC(C)(C)C)/C(N)=N/NN. The summed E-state index contributed by atoms with van der Waals surface area (Å²) in [4.78, 5) is 11.8. The molecule has 0 rings (SSSR count). The predicted octanol–water partition coefficient (Wildman–Crippen LogP) is 1.05. The molecule has 7 heteroatoms. The van der Waals surface area contributed by atoms with E-state index >= 15 is 0 Å².